The Morgan fingerprint density at radius 1 is 1.15 bits per heavy atom. The van der Waals surface area contributed by atoms with Gasteiger partial charge in [-0.25, -0.2) is 0 Å². The van der Waals surface area contributed by atoms with Gasteiger partial charge in [0.15, 0.2) is 5.82 Å². The first-order chi connectivity index (χ1) is 9.83. The van der Waals surface area contributed by atoms with Gasteiger partial charge in [0, 0.05) is 31.8 Å². The molecular weight excluding hydrogens is 258 g/mol. The van der Waals surface area contributed by atoms with E-state index in [0.29, 0.717) is 38.0 Å². The molecule has 2 rings (SSSR count). The molecule has 0 radical (unpaired) electrons. The van der Waals surface area contributed by atoms with Crippen LogP contribution in [0.25, 0.3) is 11.5 Å². The Labute approximate surface area is 118 Å². The van der Waals surface area contributed by atoms with E-state index < -0.39 is 0 Å². The molecule has 1 N–H and O–H groups in total. The molecule has 20 heavy (non-hydrogen) atoms. The average Bonchev–Trinajstić information content (AvgIpc) is 2.96. The van der Waals surface area contributed by atoms with Crippen LogP contribution >= 0.6 is 0 Å². The van der Waals surface area contributed by atoms with Gasteiger partial charge in [0.25, 0.3) is 5.89 Å². The average molecular weight is 277 g/mol. The number of nitrogens with one attached hydrogen (secondary N) is 1. The molecule has 0 bridgehead atoms. The Kier molecular flexibility index (Phi) is 5.52. The highest BCUT2D eigenvalue weighted by Crippen LogP contribution is 2.19. The maximum Gasteiger partial charge on any atom is 0.257 e. The second-order valence-corrected chi connectivity index (χ2v) is 4.20. The molecule has 0 amide bonds. The summed E-state index contributed by atoms with van der Waals surface area (Å²) in [7, 11) is 3.53. The number of methoxy groups -OCH3 is 1. The van der Waals surface area contributed by atoms with E-state index in [1.54, 1.807) is 7.11 Å². The van der Waals surface area contributed by atoms with E-state index in [9.17, 15) is 0 Å². The fraction of sp³-hybridized carbons (Fsp3) is 0.429. The van der Waals surface area contributed by atoms with Gasteiger partial charge >= 0.3 is 0 Å². The summed E-state index contributed by atoms with van der Waals surface area (Å²) in [5.41, 5.74) is 1.95. The molecule has 0 saturated carbocycles. The molecule has 0 fully saturated rings. The van der Waals surface area contributed by atoms with Crippen molar-refractivity contribution in [3.63, 3.8) is 0 Å². The molecule has 6 nitrogen and oxygen atoms in total. The van der Waals surface area contributed by atoms with Gasteiger partial charge in [-0.05, 0) is 24.3 Å². The van der Waals surface area contributed by atoms with Crippen molar-refractivity contribution < 1.29 is 14.0 Å². The predicted octanol–water partition coefficient (Wildman–Crippen LogP) is 1.98. The zero-order valence-electron chi connectivity index (χ0n) is 11.8. The van der Waals surface area contributed by atoms with Crippen LogP contribution in [-0.4, -0.2) is 44.1 Å². The highest BCUT2D eigenvalue weighted by molar-refractivity contribution is 5.58. The van der Waals surface area contributed by atoms with E-state index in [1.807, 2.05) is 31.3 Å². The molecule has 1 heterocycles. The summed E-state index contributed by atoms with van der Waals surface area (Å²) < 4.78 is 15.5. The third-order valence-electron chi connectivity index (χ3n) is 2.79. The van der Waals surface area contributed by atoms with Gasteiger partial charge in [-0.15, -0.1) is 0 Å². The van der Waals surface area contributed by atoms with E-state index in [1.165, 1.54) is 0 Å². The largest absolute Gasteiger partial charge is 0.388 e. The predicted molar refractivity (Wildman–Crippen MR) is 75.7 cm³/mol. The van der Waals surface area contributed by atoms with Crippen molar-refractivity contribution in [1.29, 1.82) is 0 Å². The zero-order chi connectivity index (χ0) is 14.2. The summed E-state index contributed by atoms with van der Waals surface area (Å²) >= 11 is 0. The smallest absolute Gasteiger partial charge is 0.257 e. The quantitative estimate of drug-likeness (QED) is 0.744. The topological polar surface area (TPSA) is 69.4 Å². The second kappa shape index (κ2) is 7.62. The number of benzene rings is 1. The number of nitrogens with zero attached hydrogens (tertiary/aromatic N) is 2. The molecule has 108 valence electrons. The first-order valence-electron chi connectivity index (χ1n) is 6.51. The monoisotopic (exact) mass is 277 g/mol. The van der Waals surface area contributed by atoms with Crippen molar-refractivity contribution in [2.24, 2.45) is 0 Å². The number of hydrogen-bond acceptors (Lipinski definition) is 6. The van der Waals surface area contributed by atoms with E-state index in [2.05, 4.69) is 15.5 Å². The third-order valence-corrected chi connectivity index (χ3v) is 2.79. The van der Waals surface area contributed by atoms with Gasteiger partial charge in [-0.2, -0.15) is 4.98 Å². The molecule has 2 aromatic rings. The number of rotatable bonds is 8. The van der Waals surface area contributed by atoms with Gasteiger partial charge in [-0.3, -0.25) is 0 Å². The van der Waals surface area contributed by atoms with Crippen LogP contribution in [0.1, 0.15) is 5.82 Å². The minimum atomic E-state index is 0.527. The Morgan fingerprint density at radius 2 is 1.95 bits per heavy atom. The summed E-state index contributed by atoms with van der Waals surface area (Å²) in [6.45, 7) is 1.73. The molecular formula is C14H19N3O3. The van der Waals surface area contributed by atoms with Crippen LogP contribution in [-0.2, 0) is 15.9 Å². The molecule has 0 aliphatic rings. The van der Waals surface area contributed by atoms with Crippen molar-refractivity contribution >= 4 is 5.69 Å². The van der Waals surface area contributed by atoms with Gasteiger partial charge in [0.2, 0.25) is 0 Å². The summed E-state index contributed by atoms with van der Waals surface area (Å²) in [6, 6.07) is 7.82. The molecule has 0 saturated heterocycles. The minimum Gasteiger partial charge on any atom is -0.388 e. The van der Waals surface area contributed by atoms with Crippen LogP contribution in [0.4, 0.5) is 5.69 Å². The van der Waals surface area contributed by atoms with Crippen molar-refractivity contribution in [1.82, 2.24) is 10.1 Å². The third kappa shape index (κ3) is 4.04. The highest BCUT2D eigenvalue weighted by Gasteiger charge is 2.08. The normalized spacial score (nSPS) is 10.7. The van der Waals surface area contributed by atoms with Crippen LogP contribution < -0.4 is 5.32 Å². The second-order valence-electron chi connectivity index (χ2n) is 4.20. The summed E-state index contributed by atoms with van der Waals surface area (Å²) in [6.07, 6.45) is 0.627. The van der Waals surface area contributed by atoms with Crippen LogP contribution in [0.5, 0.6) is 0 Å². The van der Waals surface area contributed by atoms with E-state index in [4.69, 9.17) is 14.0 Å². The standard InChI is InChI=1S/C14H19N3O3/c1-15-12-5-3-11(4-6-12)14-16-13(17-20-14)7-8-19-10-9-18-2/h3-6,15H,7-10H2,1-2H3. The van der Waals surface area contributed by atoms with Gasteiger partial charge in [0.05, 0.1) is 19.8 Å². The molecule has 1 aromatic heterocycles. The summed E-state index contributed by atoms with van der Waals surface area (Å²) in [5.74, 6) is 1.18. The van der Waals surface area contributed by atoms with Crippen LogP contribution in [0.3, 0.4) is 0 Å². The van der Waals surface area contributed by atoms with Crippen LogP contribution in [0.15, 0.2) is 28.8 Å². The lowest BCUT2D eigenvalue weighted by Crippen LogP contribution is -2.05. The van der Waals surface area contributed by atoms with Crippen LogP contribution in [0, 0.1) is 0 Å². The Morgan fingerprint density at radius 3 is 2.65 bits per heavy atom. The molecule has 1 aromatic carbocycles. The first-order valence-corrected chi connectivity index (χ1v) is 6.51. The Bertz CT molecular complexity index is 511. The lowest BCUT2D eigenvalue weighted by Gasteiger charge is -2.00. The van der Waals surface area contributed by atoms with Gasteiger partial charge in [-0.1, -0.05) is 5.16 Å². The van der Waals surface area contributed by atoms with E-state index >= 15 is 0 Å². The Hall–Kier alpha value is -1.92. The maximum atomic E-state index is 5.37. The fourth-order valence-electron chi connectivity index (χ4n) is 1.66. The van der Waals surface area contributed by atoms with Crippen molar-refractivity contribution in [3.8, 4) is 11.5 Å². The van der Waals surface area contributed by atoms with Crippen molar-refractivity contribution in [2.75, 3.05) is 39.3 Å². The van der Waals surface area contributed by atoms with Crippen molar-refractivity contribution in [2.45, 2.75) is 6.42 Å². The molecule has 0 spiro atoms. The Balaban J connectivity index is 1.87. The maximum absolute atomic E-state index is 5.37. The van der Waals surface area contributed by atoms with Gasteiger partial charge < -0.3 is 19.3 Å². The molecule has 6 heteroatoms. The highest BCUT2D eigenvalue weighted by atomic mass is 16.5. The van der Waals surface area contributed by atoms with E-state index in [-0.39, 0.29) is 0 Å². The number of aromatic nitrogens is 2. The minimum absolute atomic E-state index is 0.527. The fourth-order valence-corrected chi connectivity index (χ4v) is 1.66. The lowest BCUT2D eigenvalue weighted by molar-refractivity contribution is 0.0714. The molecule has 0 aliphatic carbocycles. The number of ether oxygens (including phenoxy) is 2. The lowest BCUT2D eigenvalue weighted by atomic mass is 10.2. The molecule has 0 aliphatic heterocycles. The van der Waals surface area contributed by atoms with E-state index in [0.717, 1.165) is 11.3 Å². The van der Waals surface area contributed by atoms with Crippen LogP contribution in [0.2, 0.25) is 0 Å². The number of anilines is 1. The summed E-state index contributed by atoms with van der Waals surface area (Å²) in [5, 5.41) is 7.00. The molecule has 0 unspecified atom stereocenters. The summed E-state index contributed by atoms with van der Waals surface area (Å²) in [4.78, 5) is 4.34. The van der Waals surface area contributed by atoms with Crippen molar-refractivity contribution in [3.05, 3.63) is 30.1 Å². The zero-order valence-corrected chi connectivity index (χ0v) is 11.8. The SMILES string of the molecule is CNc1ccc(-c2nc(CCOCCOC)no2)cc1. The molecule has 0 atom stereocenters. The van der Waals surface area contributed by atoms with Gasteiger partial charge in [0.1, 0.15) is 0 Å². The first kappa shape index (κ1) is 14.5. The number of hydrogen-bond donors (Lipinski definition) is 1.